The van der Waals surface area contributed by atoms with Crippen LogP contribution in [0.25, 0.3) is 0 Å². The molecule has 1 aromatic rings. The molecule has 0 radical (unpaired) electrons. The second-order valence-corrected chi connectivity index (χ2v) is 5.11. The average molecular weight is 240 g/mol. The third kappa shape index (κ3) is 2.54. The largest absolute Gasteiger partial charge is 0.396 e. The van der Waals surface area contributed by atoms with Crippen LogP contribution in [0.5, 0.6) is 0 Å². The Morgan fingerprint density at radius 1 is 1.56 bits per heavy atom. The summed E-state index contributed by atoms with van der Waals surface area (Å²) in [6.45, 7) is 0.124. The van der Waals surface area contributed by atoms with E-state index in [1.54, 1.807) is 0 Å². The van der Waals surface area contributed by atoms with E-state index in [9.17, 15) is 4.79 Å². The van der Waals surface area contributed by atoms with Gasteiger partial charge in [0.25, 0.3) is 0 Å². The van der Waals surface area contributed by atoms with Crippen molar-refractivity contribution in [2.45, 2.75) is 31.2 Å². The van der Waals surface area contributed by atoms with Crippen molar-refractivity contribution < 1.29 is 9.90 Å². The lowest BCUT2D eigenvalue weighted by atomic mass is 9.74. The summed E-state index contributed by atoms with van der Waals surface area (Å²) in [6, 6.07) is 3.59. The molecule has 0 bridgehead atoms. The number of carbonyl (C=O) groups is 1. The number of urea groups is 1. The number of hydrogen-bond acceptors (Lipinski definition) is 3. The Morgan fingerprint density at radius 3 is 2.88 bits per heavy atom. The Morgan fingerprint density at radius 2 is 2.38 bits per heavy atom. The third-order valence-corrected chi connectivity index (χ3v) is 3.82. The Kier molecular flexibility index (Phi) is 3.46. The zero-order valence-electron chi connectivity index (χ0n) is 9.03. The highest BCUT2D eigenvalue weighted by molar-refractivity contribution is 7.14. The lowest BCUT2D eigenvalue weighted by Crippen LogP contribution is -2.55. The standard InChI is InChI=1S/C11H16N2O2S/c14-7-6-11(4-2-5-11)13-10(15)12-9-3-1-8-16-9/h1,3,8,14H,2,4-7H2,(H2,12,13,15). The van der Waals surface area contributed by atoms with E-state index < -0.39 is 0 Å². The van der Waals surface area contributed by atoms with Gasteiger partial charge in [-0.1, -0.05) is 0 Å². The molecule has 0 atom stereocenters. The summed E-state index contributed by atoms with van der Waals surface area (Å²) in [6.07, 6.45) is 3.70. The van der Waals surface area contributed by atoms with E-state index in [-0.39, 0.29) is 18.2 Å². The van der Waals surface area contributed by atoms with Crippen LogP contribution in [0.1, 0.15) is 25.7 Å². The molecule has 1 heterocycles. The minimum absolute atomic E-state index is 0.124. The van der Waals surface area contributed by atoms with Crippen molar-refractivity contribution in [1.82, 2.24) is 5.32 Å². The average Bonchev–Trinajstić information content (AvgIpc) is 2.67. The zero-order valence-corrected chi connectivity index (χ0v) is 9.85. The number of aliphatic hydroxyl groups is 1. The fraction of sp³-hybridized carbons (Fsp3) is 0.545. The third-order valence-electron chi connectivity index (χ3n) is 3.04. The van der Waals surface area contributed by atoms with Gasteiger partial charge in [-0.2, -0.15) is 0 Å². The lowest BCUT2D eigenvalue weighted by Gasteiger charge is -2.42. The maximum absolute atomic E-state index is 11.7. The summed E-state index contributed by atoms with van der Waals surface area (Å²) in [7, 11) is 0. The quantitative estimate of drug-likeness (QED) is 0.755. The molecule has 1 saturated carbocycles. The maximum Gasteiger partial charge on any atom is 0.320 e. The fourth-order valence-electron chi connectivity index (χ4n) is 1.99. The van der Waals surface area contributed by atoms with E-state index in [1.807, 2.05) is 17.5 Å². The molecule has 0 aromatic carbocycles. The van der Waals surface area contributed by atoms with Crippen LogP contribution in [0.15, 0.2) is 17.5 Å². The number of rotatable bonds is 4. The van der Waals surface area contributed by atoms with Gasteiger partial charge < -0.3 is 10.4 Å². The first kappa shape index (κ1) is 11.4. The van der Waals surface area contributed by atoms with Crippen molar-refractivity contribution in [3.63, 3.8) is 0 Å². The van der Waals surface area contributed by atoms with Crippen LogP contribution in [-0.4, -0.2) is 23.3 Å². The highest BCUT2D eigenvalue weighted by Gasteiger charge is 2.37. The Balaban J connectivity index is 1.86. The molecule has 2 rings (SSSR count). The van der Waals surface area contributed by atoms with Gasteiger partial charge in [0.15, 0.2) is 0 Å². The van der Waals surface area contributed by atoms with Crippen molar-refractivity contribution in [1.29, 1.82) is 0 Å². The fourth-order valence-corrected chi connectivity index (χ4v) is 2.60. The summed E-state index contributed by atoms with van der Waals surface area (Å²) in [5, 5.41) is 17.5. The topological polar surface area (TPSA) is 61.4 Å². The molecule has 0 unspecified atom stereocenters. The van der Waals surface area contributed by atoms with E-state index >= 15 is 0 Å². The first-order chi connectivity index (χ1) is 7.74. The van der Waals surface area contributed by atoms with Crippen LogP contribution >= 0.6 is 11.3 Å². The van der Waals surface area contributed by atoms with Crippen molar-refractivity contribution in [3.8, 4) is 0 Å². The molecule has 2 amide bonds. The molecule has 0 saturated heterocycles. The van der Waals surface area contributed by atoms with E-state index in [2.05, 4.69) is 10.6 Å². The van der Waals surface area contributed by atoms with Crippen molar-refractivity contribution in [2.75, 3.05) is 11.9 Å². The molecule has 0 spiro atoms. The molecule has 16 heavy (non-hydrogen) atoms. The zero-order chi connectivity index (χ0) is 11.4. The number of thiophene rings is 1. The minimum Gasteiger partial charge on any atom is -0.396 e. The Hall–Kier alpha value is -1.07. The first-order valence-electron chi connectivity index (χ1n) is 5.48. The highest BCUT2D eigenvalue weighted by Crippen LogP contribution is 2.34. The number of anilines is 1. The van der Waals surface area contributed by atoms with Crippen LogP contribution in [-0.2, 0) is 0 Å². The predicted molar refractivity (Wildman–Crippen MR) is 64.8 cm³/mol. The van der Waals surface area contributed by atoms with Crippen LogP contribution in [0.2, 0.25) is 0 Å². The maximum atomic E-state index is 11.7. The smallest absolute Gasteiger partial charge is 0.320 e. The Bertz CT molecular complexity index is 347. The van der Waals surface area contributed by atoms with Crippen LogP contribution < -0.4 is 10.6 Å². The van der Waals surface area contributed by atoms with Gasteiger partial charge in [0.1, 0.15) is 0 Å². The second kappa shape index (κ2) is 4.84. The van der Waals surface area contributed by atoms with Gasteiger partial charge in [-0.25, -0.2) is 4.79 Å². The van der Waals surface area contributed by atoms with Crippen LogP contribution in [0, 0.1) is 0 Å². The van der Waals surface area contributed by atoms with Gasteiger partial charge in [-0.15, -0.1) is 11.3 Å². The summed E-state index contributed by atoms with van der Waals surface area (Å²) in [5.41, 5.74) is -0.171. The Labute approximate surface area is 98.7 Å². The molecular formula is C11H16N2O2S. The molecule has 1 aliphatic rings. The number of hydrogen-bond donors (Lipinski definition) is 3. The molecule has 1 aromatic heterocycles. The predicted octanol–water partition coefficient (Wildman–Crippen LogP) is 2.17. The summed E-state index contributed by atoms with van der Waals surface area (Å²) in [4.78, 5) is 11.7. The van der Waals surface area contributed by atoms with Crippen molar-refractivity contribution in [3.05, 3.63) is 17.5 Å². The van der Waals surface area contributed by atoms with Crippen molar-refractivity contribution in [2.24, 2.45) is 0 Å². The number of carbonyl (C=O) groups excluding carboxylic acids is 1. The van der Waals surface area contributed by atoms with Gasteiger partial charge in [0.2, 0.25) is 0 Å². The first-order valence-corrected chi connectivity index (χ1v) is 6.36. The van der Waals surface area contributed by atoms with E-state index in [0.29, 0.717) is 6.42 Å². The molecule has 1 aliphatic carbocycles. The second-order valence-electron chi connectivity index (χ2n) is 4.16. The molecule has 5 heteroatoms. The van der Waals surface area contributed by atoms with E-state index in [0.717, 1.165) is 24.3 Å². The monoisotopic (exact) mass is 240 g/mol. The normalized spacial score (nSPS) is 17.6. The van der Waals surface area contributed by atoms with Crippen molar-refractivity contribution >= 4 is 22.4 Å². The lowest BCUT2D eigenvalue weighted by molar-refractivity contribution is 0.139. The molecule has 3 N–H and O–H groups in total. The van der Waals surface area contributed by atoms with Gasteiger partial charge in [0, 0.05) is 12.1 Å². The van der Waals surface area contributed by atoms with Gasteiger partial charge >= 0.3 is 6.03 Å². The minimum atomic E-state index is -0.171. The number of aliphatic hydroxyl groups excluding tert-OH is 1. The molecule has 0 aliphatic heterocycles. The summed E-state index contributed by atoms with van der Waals surface area (Å²) in [5.74, 6) is 0. The van der Waals surface area contributed by atoms with Crippen LogP contribution in [0.3, 0.4) is 0 Å². The highest BCUT2D eigenvalue weighted by atomic mass is 32.1. The van der Waals surface area contributed by atoms with Gasteiger partial charge in [0.05, 0.1) is 5.00 Å². The number of nitrogens with one attached hydrogen (secondary N) is 2. The van der Waals surface area contributed by atoms with E-state index in [1.165, 1.54) is 11.3 Å². The van der Waals surface area contributed by atoms with Gasteiger partial charge in [-0.05, 0) is 43.2 Å². The summed E-state index contributed by atoms with van der Waals surface area (Å²) < 4.78 is 0. The van der Waals surface area contributed by atoms with Crippen LogP contribution in [0.4, 0.5) is 9.80 Å². The van der Waals surface area contributed by atoms with Gasteiger partial charge in [-0.3, -0.25) is 5.32 Å². The van der Waals surface area contributed by atoms with E-state index in [4.69, 9.17) is 5.11 Å². The molecule has 88 valence electrons. The number of amides is 2. The molecule has 4 nitrogen and oxygen atoms in total. The SMILES string of the molecule is O=C(Nc1cccs1)NC1(CCO)CCC1. The molecule has 1 fully saturated rings. The molecular weight excluding hydrogens is 224 g/mol. The summed E-state index contributed by atoms with van der Waals surface area (Å²) >= 11 is 1.49.